The summed E-state index contributed by atoms with van der Waals surface area (Å²) in [5.74, 6) is -0.313. The lowest BCUT2D eigenvalue weighted by atomic mass is 10.1. The molecule has 1 aliphatic heterocycles. The van der Waals surface area contributed by atoms with Crippen LogP contribution in [0.25, 0.3) is 0 Å². The fourth-order valence-electron chi connectivity index (χ4n) is 3.73. The minimum Gasteiger partial charge on any atom is -0.469 e. The van der Waals surface area contributed by atoms with Gasteiger partial charge in [-0.1, -0.05) is 24.3 Å². The van der Waals surface area contributed by atoms with Gasteiger partial charge in [-0.2, -0.15) is 0 Å². The van der Waals surface area contributed by atoms with E-state index in [1.165, 1.54) is 18.2 Å². The molecule has 1 aliphatic carbocycles. The summed E-state index contributed by atoms with van der Waals surface area (Å²) in [5.41, 5.74) is 2.63. The first-order chi connectivity index (χ1) is 12.1. The van der Waals surface area contributed by atoms with Crippen molar-refractivity contribution in [3.8, 4) is 0 Å². The van der Waals surface area contributed by atoms with Gasteiger partial charge in [0.1, 0.15) is 0 Å². The highest BCUT2D eigenvalue weighted by atomic mass is 16.5. The molecule has 1 N–H and O–H groups in total. The average molecular weight is 344 g/mol. The van der Waals surface area contributed by atoms with E-state index in [1.807, 2.05) is 17.0 Å². The van der Waals surface area contributed by atoms with Crippen molar-refractivity contribution in [1.82, 2.24) is 10.2 Å². The van der Waals surface area contributed by atoms with Crippen LogP contribution < -0.4 is 5.32 Å². The molecule has 1 aromatic rings. The lowest BCUT2D eigenvalue weighted by molar-refractivity contribution is -0.140. The molecule has 1 heterocycles. The Balaban J connectivity index is 1.47. The lowest BCUT2D eigenvalue weighted by Crippen LogP contribution is -2.41. The van der Waals surface area contributed by atoms with E-state index in [4.69, 9.17) is 0 Å². The Bertz CT molecular complexity index is 648. The topological polar surface area (TPSA) is 75.7 Å². The Labute approximate surface area is 147 Å². The lowest BCUT2D eigenvalue weighted by Gasteiger charge is -2.24. The maximum absolute atomic E-state index is 12.4. The first-order valence-corrected chi connectivity index (χ1v) is 8.79. The fraction of sp³-hybridized carbons (Fsp3) is 0.526. The van der Waals surface area contributed by atoms with Crippen LogP contribution in [0.15, 0.2) is 24.3 Å². The summed E-state index contributed by atoms with van der Waals surface area (Å²) >= 11 is 0. The number of nitrogens with one attached hydrogen (secondary N) is 1. The molecule has 3 rings (SSSR count). The van der Waals surface area contributed by atoms with Crippen molar-refractivity contribution in [3.63, 3.8) is 0 Å². The van der Waals surface area contributed by atoms with E-state index in [-0.39, 0.29) is 42.7 Å². The number of nitrogens with zero attached hydrogens (tertiary/aromatic N) is 1. The third-order valence-corrected chi connectivity index (χ3v) is 5.01. The summed E-state index contributed by atoms with van der Waals surface area (Å²) in [5, 5.41) is 2.92. The average Bonchev–Trinajstić information content (AvgIpc) is 3.17. The van der Waals surface area contributed by atoms with Crippen LogP contribution in [0.1, 0.15) is 36.8 Å². The van der Waals surface area contributed by atoms with E-state index in [2.05, 4.69) is 22.2 Å². The van der Waals surface area contributed by atoms with Crippen molar-refractivity contribution in [1.29, 1.82) is 0 Å². The molecule has 25 heavy (non-hydrogen) atoms. The number of rotatable bonds is 6. The molecule has 0 unspecified atom stereocenters. The second-order valence-electron chi connectivity index (χ2n) is 6.78. The molecule has 0 bridgehead atoms. The third kappa shape index (κ3) is 4.18. The van der Waals surface area contributed by atoms with Crippen LogP contribution in [0.4, 0.5) is 0 Å². The molecule has 0 aromatic heterocycles. The molecule has 1 fully saturated rings. The molecule has 6 nitrogen and oxygen atoms in total. The quantitative estimate of drug-likeness (QED) is 0.787. The Morgan fingerprint density at radius 2 is 1.84 bits per heavy atom. The Hall–Kier alpha value is -2.37. The fourth-order valence-corrected chi connectivity index (χ4v) is 3.73. The van der Waals surface area contributed by atoms with Gasteiger partial charge in [0.2, 0.25) is 11.8 Å². The summed E-state index contributed by atoms with van der Waals surface area (Å²) in [6, 6.07) is 8.37. The largest absolute Gasteiger partial charge is 0.469 e. The van der Waals surface area contributed by atoms with Gasteiger partial charge in [-0.15, -0.1) is 0 Å². The van der Waals surface area contributed by atoms with E-state index >= 15 is 0 Å². The Morgan fingerprint density at radius 1 is 1.16 bits per heavy atom. The number of likely N-dealkylation sites (tertiary alicyclic amines) is 1. The first-order valence-electron chi connectivity index (χ1n) is 8.79. The van der Waals surface area contributed by atoms with Crippen molar-refractivity contribution >= 4 is 17.8 Å². The smallest absolute Gasteiger partial charge is 0.305 e. The van der Waals surface area contributed by atoms with Crippen LogP contribution in [0, 0.1) is 0 Å². The summed E-state index contributed by atoms with van der Waals surface area (Å²) in [4.78, 5) is 37.3. The standard InChI is InChI=1S/C19H24N2O4/c1-25-19(24)8-4-7-17(22)20-15-11-18(23)21(12-15)16-9-13-5-2-3-6-14(13)10-16/h2-3,5-6,15-16H,4,7-12H2,1H3,(H,20,22)/t15-/m1/s1. The molecule has 0 saturated carbocycles. The highest BCUT2D eigenvalue weighted by Gasteiger charge is 2.37. The van der Waals surface area contributed by atoms with Crippen molar-refractivity contribution in [3.05, 3.63) is 35.4 Å². The van der Waals surface area contributed by atoms with Gasteiger partial charge >= 0.3 is 5.97 Å². The highest BCUT2D eigenvalue weighted by molar-refractivity contribution is 5.82. The van der Waals surface area contributed by atoms with Crippen LogP contribution in [0.2, 0.25) is 0 Å². The van der Waals surface area contributed by atoms with Crippen LogP contribution in [0.3, 0.4) is 0 Å². The van der Waals surface area contributed by atoms with Gasteiger partial charge in [0.05, 0.1) is 13.2 Å². The van der Waals surface area contributed by atoms with Gasteiger partial charge in [0.25, 0.3) is 0 Å². The molecule has 2 aliphatic rings. The SMILES string of the molecule is COC(=O)CCCC(=O)N[C@@H]1CC(=O)N(C2Cc3ccccc3C2)C1. The second-order valence-corrected chi connectivity index (χ2v) is 6.78. The number of benzene rings is 1. The van der Waals surface area contributed by atoms with Gasteiger partial charge in [0.15, 0.2) is 0 Å². The zero-order chi connectivity index (χ0) is 17.8. The molecule has 0 spiro atoms. The molecule has 2 amide bonds. The summed E-state index contributed by atoms with van der Waals surface area (Å²) < 4.78 is 4.56. The predicted octanol–water partition coefficient (Wildman–Crippen LogP) is 1.21. The predicted molar refractivity (Wildman–Crippen MR) is 91.8 cm³/mol. The molecular weight excluding hydrogens is 320 g/mol. The molecule has 1 saturated heterocycles. The summed E-state index contributed by atoms with van der Waals surface area (Å²) in [7, 11) is 1.34. The maximum Gasteiger partial charge on any atom is 0.305 e. The molecule has 0 radical (unpaired) electrons. The number of esters is 1. The minimum absolute atomic E-state index is 0.109. The number of carbonyl (C=O) groups excluding carboxylic acids is 3. The van der Waals surface area contributed by atoms with Crippen molar-refractivity contribution in [2.75, 3.05) is 13.7 Å². The van der Waals surface area contributed by atoms with E-state index in [1.54, 1.807) is 0 Å². The molecule has 1 aromatic carbocycles. The van der Waals surface area contributed by atoms with Crippen LogP contribution >= 0.6 is 0 Å². The zero-order valence-corrected chi connectivity index (χ0v) is 14.5. The van der Waals surface area contributed by atoms with E-state index in [0.29, 0.717) is 19.4 Å². The van der Waals surface area contributed by atoms with Gasteiger partial charge in [-0.3, -0.25) is 14.4 Å². The van der Waals surface area contributed by atoms with E-state index in [0.717, 1.165) is 12.8 Å². The third-order valence-electron chi connectivity index (χ3n) is 5.01. The second kappa shape index (κ2) is 7.68. The van der Waals surface area contributed by atoms with Crippen molar-refractivity contribution in [2.45, 2.75) is 50.6 Å². The number of methoxy groups -OCH3 is 1. The number of hydrogen-bond acceptors (Lipinski definition) is 4. The number of carbonyl (C=O) groups is 3. The van der Waals surface area contributed by atoms with Crippen molar-refractivity contribution < 1.29 is 19.1 Å². The number of fused-ring (bicyclic) bond motifs is 1. The van der Waals surface area contributed by atoms with Crippen LogP contribution in [-0.2, 0) is 32.0 Å². The number of ether oxygens (including phenoxy) is 1. The molecule has 1 atom stereocenters. The molecular formula is C19H24N2O4. The minimum atomic E-state index is -0.309. The normalized spacial score (nSPS) is 19.8. The first kappa shape index (κ1) is 17.5. The van der Waals surface area contributed by atoms with Gasteiger partial charge in [-0.25, -0.2) is 0 Å². The van der Waals surface area contributed by atoms with E-state index < -0.39 is 0 Å². The Kier molecular flexibility index (Phi) is 5.36. The van der Waals surface area contributed by atoms with E-state index in [9.17, 15) is 14.4 Å². The molecule has 6 heteroatoms. The number of hydrogen-bond donors (Lipinski definition) is 1. The zero-order valence-electron chi connectivity index (χ0n) is 14.5. The van der Waals surface area contributed by atoms with Crippen molar-refractivity contribution in [2.24, 2.45) is 0 Å². The maximum atomic E-state index is 12.4. The Morgan fingerprint density at radius 3 is 2.48 bits per heavy atom. The number of amides is 2. The van der Waals surface area contributed by atoms with Gasteiger partial charge in [0, 0.05) is 31.8 Å². The van der Waals surface area contributed by atoms with Gasteiger partial charge in [-0.05, 0) is 30.4 Å². The summed E-state index contributed by atoms with van der Waals surface area (Å²) in [6.45, 7) is 0.570. The summed E-state index contributed by atoms with van der Waals surface area (Å²) in [6.07, 6.45) is 3.11. The monoisotopic (exact) mass is 344 g/mol. The molecule has 134 valence electrons. The van der Waals surface area contributed by atoms with Gasteiger partial charge < -0.3 is 15.0 Å². The highest BCUT2D eigenvalue weighted by Crippen LogP contribution is 2.28. The van der Waals surface area contributed by atoms with Crippen LogP contribution in [-0.4, -0.2) is 48.4 Å². The van der Waals surface area contributed by atoms with Crippen LogP contribution in [0.5, 0.6) is 0 Å².